The number of nitrogens with one attached hydrogen (secondary N) is 1. The second-order valence-electron chi connectivity index (χ2n) is 9.19. The first-order valence-corrected chi connectivity index (χ1v) is 13.0. The van der Waals surface area contributed by atoms with Gasteiger partial charge in [-0.15, -0.1) is 0 Å². The van der Waals surface area contributed by atoms with E-state index in [-0.39, 0.29) is 23.2 Å². The number of halogens is 1. The molecule has 2 aliphatic heterocycles. The fourth-order valence-electron chi connectivity index (χ4n) is 4.96. The van der Waals surface area contributed by atoms with Gasteiger partial charge in [0.1, 0.15) is 11.9 Å². The van der Waals surface area contributed by atoms with Crippen molar-refractivity contribution in [2.75, 3.05) is 33.3 Å². The van der Waals surface area contributed by atoms with Crippen LogP contribution in [0.1, 0.15) is 43.5 Å². The van der Waals surface area contributed by atoms with Gasteiger partial charge < -0.3 is 29.5 Å². The van der Waals surface area contributed by atoms with Crippen LogP contribution >= 0.6 is 15.9 Å². The number of hydrogen-bond acceptors (Lipinski definition) is 6. The molecule has 2 aromatic carbocycles. The largest absolute Gasteiger partial charge is 0.872 e. The van der Waals surface area contributed by atoms with Gasteiger partial charge >= 0.3 is 0 Å². The van der Waals surface area contributed by atoms with Crippen LogP contribution in [0.5, 0.6) is 17.2 Å². The van der Waals surface area contributed by atoms with Gasteiger partial charge in [-0.1, -0.05) is 11.8 Å². The Balaban J connectivity index is 1.85. The minimum Gasteiger partial charge on any atom is -0.872 e. The van der Waals surface area contributed by atoms with E-state index in [0.29, 0.717) is 35.1 Å². The van der Waals surface area contributed by atoms with E-state index in [4.69, 9.17) is 9.47 Å². The number of phenolic OH excluding ortho intramolecular Hbond substituents is 1. The number of aromatic hydroxyl groups is 1. The van der Waals surface area contributed by atoms with Gasteiger partial charge in [0.2, 0.25) is 5.78 Å². The fourth-order valence-corrected chi connectivity index (χ4v) is 5.42. The van der Waals surface area contributed by atoms with Crippen molar-refractivity contribution >= 4 is 33.4 Å². The Labute approximate surface area is 219 Å². The molecule has 0 aromatic heterocycles. The second-order valence-corrected chi connectivity index (χ2v) is 10.0. The lowest BCUT2D eigenvalue weighted by Gasteiger charge is -2.29. The lowest BCUT2D eigenvalue weighted by molar-refractivity contribution is -0.895. The van der Waals surface area contributed by atoms with E-state index in [1.165, 1.54) is 16.9 Å². The zero-order valence-corrected chi connectivity index (χ0v) is 22.5. The standard InChI is InChI=1S/C27H31BrN2O6/c1-5-29(6-2)9-10-30-23(18-13-19(28)25(32)21(14-18)35-4)22(26(33)27(30)34)24(31)16-7-8-20-17(12-16)11-15(3)36-20/h7-8,12-15,23,31-32H,5-6,9-11H2,1-4H3. The Morgan fingerprint density at radius 3 is 2.64 bits per heavy atom. The summed E-state index contributed by atoms with van der Waals surface area (Å²) in [6.45, 7) is 8.77. The number of quaternary nitrogens is 1. The summed E-state index contributed by atoms with van der Waals surface area (Å²) >= 11 is 3.33. The molecule has 2 unspecified atom stereocenters. The first-order valence-electron chi connectivity index (χ1n) is 12.2. The minimum absolute atomic E-state index is 0.0142. The Kier molecular flexibility index (Phi) is 7.61. The third-order valence-corrected chi connectivity index (χ3v) is 7.58. The summed E-state index contributed by atoms with van der Waals surface area (Å²) in [5, 5.41) is 24.1. The van der Waals surface area contributed by atoms with Crippen LogP contribution < -0.4 is 19.5 Å². The monoisotopic (exact) mass is 558 g/mol. The van der Waals surface area contributed by atoms with E-state index >= 15 is 0 Å². The SMILES string of the molecule is CC[NH+](CC)CCN1C(=O)C(=O)C(=C([O-])c2ccc3c(c2)CC(C)O3)C1c1cc(Br)c(O)c(OC)c1. The first kappa shape index (κ1) is 26.0. The molecule has 1 saturated heterocycles. The Morgan fingerprint density at radius 1 is 1.25 bits per heavy atom. The lowest BCUT2D eigenvalue weighted by atomic mass is 9.94. The molecule has 0 bridgehead atoms. The molecule has 9 heteroatoms. The summed E-state index contributed by atoms with van der Waals surface area (Å²) < 4.78 is 11.4. The third-order valence-electron chi connectivity index (χ3n) is 6.98. The third kappa shape index (κ3) is 4.69. The number of ketones is 1. The zero-order valence-electron chi connectivity index (χ0n) is 20.9. The molecule has 8 nitrogen and oxygen atoms in total. The van der Waals surface area contributed by atoms with Crippen LogP contribution in [0.4, 0.5) is 0 Å². The molecule has 2 atom stereocenters. The number of nitrogens with zero attached hydrogens (tertiary/aromatic N) is 1. The summed E-state index contributed by atoms with van der Waals surface area (Å²) in [7, 11) is 1.42. The predicted octanol–water partition coefficient (Wildman–Crippen LogP) is 1.64. The Hall–Kier alpha value is -3.04. The van der Waals surface area contributed by atoms with Crippen molar-refractivity contribution in [3.05, 3.63) is 57.1 Å². The maximum Gasteiger partial charge on any atom is 0.295 e. The summed E-state index contributed by atoms with van der Waals surface area (Å²) in [5.74, 6) is -1.18. The van der Waals surface area contributed by atoms with Crippen LogP contribution in [0.15, 0.2) is 40.4 Å². The van der Waals surface area contributed by atoms with Crippen molar-refractivity contribution in [1.29, 1.82) is 0 Å². The number of phenols is 1. The second kappa shape index (κ2) is 10.5. The maximum atomic E-state index is 13.8. The highest BCUT2D eigenvalue weighted by Crippen LogP contribution is 2.44. The van der Waals surface area contributed by atoms with Crippen molar-refractivity contribution < 1.29 is 34.2 Å². The van der Waals surface area contributed by atoms with E-state index < -0.39 is 23.5 Å². The van der Waals surface area contributed by atoms with E-state index in [1.807, 2.05) is 6.92 Å². The molecule has 2 aliphatic rings. The Bertz CT molecular complexity index is 1220. The lowest BCUT2D eigenvalue weighted by Crippen LogP contribution is -3.12. The van der Waals surface area contributed by atoms with Gasteiger partial charge in [-0.25, -0.2) is 0 Å². The van der Waals surface area contributed by atoms with Crippen LogP contribution in [0.2, 0.25) is 0 Å². The van der Waals surface area contributed by atoms with Crippen LogP contribution in [0, 0.1) is 0 Å². The summed E-state index contributed by atoms with van der Waals surface area (Å²) in [4.78, 5) is 29.3. The molecule has 4 rings (SSSR count). The smallest absolute Gasteiger partial charge is 0.295 e. The number of carbonyl (C=O) groups excluding carboxylic acids is 2. The normalized spacial score (nSPS) is 20.7. The molecule has 36 heavy (non-hydrogen) atoms. The number of ether oxygens (including phenoxy) is 2. The number of methoxy groups -OCH3 is 1. The predicted molar refractivity (Wildman–Crippen MR) is 136 cm³/mol. The molecule has 0 spiro atoms. The van der Waals surface area contributed by atoms with Crippen LogP contribution in [-0.2, 0) is 16.0 Å². The number of Topliss-reactive ketones (excluding diaryl/α,β-unsaturated/α-hetero) is 1. The number of amides is 1. The molecule has 1 amide bonds. The molecule has 2 heterocycles. The average Bonchev–Trinajstić information content (AvgIpc) is 3.36. The summed E-state index contributed by atoms with van der Waals surface area (Å²) in [6, 6.07) is 7.42. The number of hydrogen-bond donors (Lipinski definition) is 2. The fraction of sp³-hybridized carbons (Fsp3) is 0.407. The van der Waals surface area contributed by atoms with E-state index in [2.05, 4.69) is 29.8 Å². The molecular weight excluding hydrogens is 528 g/mol. The Morgan fingerprint density at radius 2 is 1.97 bits per heavy atom. The molecule has 192 valence electrons. The van der Waals surface area contributed by atoms with Gasteiger partial charge in [0, 0.05) is 12.0 Å². The summed E-state index contributed by atoms with van der Waals surface area (Å²) in [5.41, 5.74) is 1.65. The number of rotatable bonds is 8. The van der Waals surface area contributed by atoms with Crippen molar-refractivity contribution in [2.24, 2.45) is 0 Å². The molecule has 1 fully saturated rings. The number of benzene rings is 2. The highest BCUT2D eigenvalue weighted by atomic mass is 79.9. The van der Waals surface area contributed by atoms with Gasteiger partial charge in [-0.2, -0.15) is 0 Å². The number of likely N-dealkylation sites (tertiary alicyclic amines) is 1. The highest BCUT2D eigenvalue weighted by Gasteiger charge is 2.45. The van der Waals surface area contributed by atoms with E-state index in [9.17, 15) is 19.8 Å². The van der Waals surface area contributed by atoms with Crippen molar-refractivity contribution in [1.82, 2.24) is 4.90 Å². The van der Waals surface area contributed by atoms with E-state index in [1.54, 1.807) is 30.3 Å². The van der Waals surface area contributed by atoms with Gasteiger partial charge in [0.05, 0.1) is 43.8 Å². The van der Waals surface area contributed by atoms with Crippen LogP contribution in [-0.4, -0.2) is 61.1 Å². The quantitative estimate of drug-likeness (QED) is 0.290. The topological polar surface area (TPSA) is 104 Å². The minimum atomic E-state index is -0.901. The molecule has 2 aromatic rings. The number of likely N-dealkylation sites (N-methyl/N-ethyl adjacent to an activating group) is 1. The molecule has 0 saturated carbocycles. The maximum absolute atomic E-state index is 13.8. The molecule has 0 aliphatic carbocycles. The van der Waals surface area contributed by atoms with Gasteiger partial charge in [0.25, 0.3) is 5.91 Å². The van der Waals surface area contributed by atoms with Crippen molar-refractivity contribution in [3.63, 3.8) is 0 Å². The van der Waals surface area contributed by atoms with Gasteiger partial charge in [-0.05, 0) is 77.7 Å². The first-order chi connectivity index (χ1) is 17.2. The van der Waals surface area contributed by atoms with Crippen molar-refractivity contribution in [2.45, 2.75) is 39.3 Å². The van der Waals surface area contributed by atoms with E-state index in [0.717, 1.165) is 24.4 Å². The molecule has 2 N–H and O–H groups in total. The van der Waals surface area contributed by atoms with Crippen LogP contribution in [0.25, 0.3) is 5.76 Å². The highest BCUT2D eigenvalue weighted by molar-refractivity contribution is 9.10. The van der Waals surface area contributed by atoms with Gasteiger partial charge in [-0.3, -0.25) is 9.59 Å². The summed E-state index contributed by atoms with van der Waals surface area (Å²) in [6.07, 6.45) is 0.684. The zero-order chi connectivity index (χ0) is 26.1. The number of carbonyl (C=O) groups is 2. The molecular formula is C27H31BrN2O6. The van der Waals surface area contributed by atoms with Crippen molar-refractivity contribution in [3.8, 4) is 17.2 Å². The van der Waals surface area contributed by atoms with Gasteiger partial charge in [0.15, 0.2) is 11.5 Å². The average molecular weight is 559 g/mol. The number of fused-ring (bicyclic) bond motifs is 1. The van der Waals surface area contributed by atoms with Crippen LogP contribution in [0.3, 0.4) is 0 Å². The molecule has 0 radical (unpaired) electrons.